The summed E-state index contributed by atoms with van der Waals surface area (Å²) in [6, 6.07) is 6.82. The summed E-state index contributed by atoms with van der Waals surface area (Å²) in [7, 11) is 3.07. The van der Waals surface area contributed by atoms with Gasteiger partial charge in [-0.15, -0.1) is 0 Å². The maximum Gasteiger partial charge on any atom is 0.289 e. The SMILES string of the molecule is CN(C)C(=O)[C@@H](NC(=O)CNC(=O)C(=O)CNC(=O)[C@@H]1CNC[C@@H]1NC(=O)CNC(=O)CNC(=O)c1cnccn1)c1ccccc1. The van der Waals surface area contributed by atoms with Gasteiger partial charge in [0.15, 0.2) is 0 Å². The average molecular weight is 653 g/mol. The van der Waals surface area contributed by atoms with Crippen molar-refractivity contribution >= 4 is 47.1 Å². The van der Waals surface area contributed by atoms with Crippen LogP contribution in [-0.2, 0) is 33.6 Å². The molecule has 1 fully saturated rings. The molecule has 0 spiro atoms. The molecule has 0 bridgehead atoms. The van der Waals surface area contributed by atoms with Crippen LogP contribution in [0.5, 0.6) is 0 Å². The quantitative estimate of drug-likeness (QED) is 0.0908. The van der Waals surface area contributed by atoms with Crippen molar-refractivity contribution in [1.82, 2.24) is 52.1 Å². The van der Waals surface area contributed by atoms with Crippen molar-refractivity contribution < 1.29 is 38.4 Å². The van der Waals surface area contributed by atoms with Crippen molar-refractivity contribution in [3.05, 3.63) is 60.2 Å². The number of likely N-dealkylation sites (N-methyl/N-ethyl adjacent to an activating group) is 1. The molecule has 1 aliphatic rings. The first-order valence-electron chi connectivity index (χ1n) is 14.4. The van der Waals surface area contributed by atoms with E-state index in [1.165, 1.54) is 37.6 Å². The standard InChI is InChI=1S/C29H36N10O8/c1-39(2)29(47)25(17-6-4-3-5-7-17)38-24(43)16-36-28(46)21(40)13-34-26(44)18-10-31-11-19(18)37-23(42)15-33-22(41)14-35-27(45)20-12-30-8-9-32-20/h3-9,12,18-19,25,31H,10-11,13-16H2,1-2H3,(H,33,41)(H,34,44)(H,35,45)(H,36,46)(H,37,42)(H,38,43)/t18-,19+,25+/m1/s1. The Balaban J connectivity index is 1.37. The number of aromatic nitrogens is 2. The van der Waals surface area contributed by atoms with Gasteiger partial charge >= 0.3 is 0 Å². The summed E-state index contributed by atoms with van der Waals surface area (Å²) in [5, 5.41) is 17.3. The predicted molar refractivity (Wildman–Crippen MR) is 163 cm³/mol. The lowest BCUT2D eigenvalue weighted by Gasteiger charge is -2.22. The number of hydrogen-bond acceptors (Lipinski definition) is 11. The summed E-state index contributed by atoms with van der Waals surface area (Å²) < 4.78 is 0. The van der Waals surface area contributed by atoms with Gasteiger partial charge in [0.2, 0.25) is 35.3 Å². The Hall–Kier alpha value is -5.78. The lowest BCUT2D eigenvalue weighted by molar-refractivity contribution is -0.139. The highest BCUT2D eigenvalue weighted by atomic mass is 16.2. The van der Waals surface area contributed by atoms with Gasteiger partial charge in [0.1, 0.15) is 11.7 Å². The Kier molecular flexibility index (Phi) is 13.4. The predicted octanol–water partition coefficient (Wildman–Crippen LogP) is -4.23. The molecule has 1 saturated heterocycles. The Labute approximate surface area is 269 Å². The smallest absolute Gasteiger partial charge is 0.289 e. The first-order chi connectivity index (χ1) is 22.5. The van der Waals surface area contributed by atoms with Crippen molar-refractivity contribution in [2.24, 2.45) is 5.92 Å². The third-order valence-corrected chi connectivity index (χ3v) is 6.76. The molecule has 7 N–H and O–H groups in total. The fourth-order valence-corrected chi connectivity index (χ4v) is 4.31. The molecule has 1 aromatic carbocycles. The third-order valence-electron chi connectivity index (χ3n) is 6.76. The first-order valence-corrected chi connectivity index (χ1v) is 14.4. The Morgan fingerprint density at radius 1 is 0.830 bits per heavy atom. The number of nitrogens with one attached hydrogen (secondary N) is 7. The van der Waals surface area contributed by atoms with Crippen LogP contribution in [0, 0.1) is 5.92 Å². The minimum absolute atomic E-state index is 0.0212. The van der Waals surface area contributed by atoms with Crippen molar-refractivity contribution in [1.29, 1.82) is 0 Å². The van der Waals surface area contributed by atoms with E-state index in [1.807, 2.05) is 0 Å². The summed E-state index contributed by atoms with van der Waals surface area (Å²) in [6.45, 7) is -1.68. The largest absolute Gasteiger partial charge is 0.350 e. The van der Waals surface area contributed by atoms with Gasteiger partial charge in [-0.3, -0.25) is 43.3 Å². The zero-order valence-electron chi connectivity index (χ0n) is 25.7. The molecule has 2 heterocycles. The zero-order valence-corrected chi connectivity index (χ0v) is 25.7. The molecule has 18 heteroatoms. The van der Waals surface area contributed by atoms with Crippen LogP contribution in [0.25, 0.3) is 0 Å². The third kappa shape index (κ3) is 11.3. The van der Waals surface area contributed by atoms with Gasteiger partial charge in [0.05, 0.1) is 44.3 Å². The van der Waals surface area contributed by atoms with Gasteiger partial charge in [0.25, 0.3) is 11.8 Å². The van der Waals surface area contributed by atoms with Crippen LogP contribution < -0.4 is 37.2 Å². The second-order valence-corrected chi connectivity index (χ2v) is 10.5. The van der Waals surface area contributed by atoms with E-state index in [4.69, 9.17) is 0 Å². The van der Waals surface area contributed by atoms with E-state index in [9.17, 15) is 38.4 Å². The lowest BCUT2D eigenvalue weighted by Crippen LogP contribution is -2.50. The number of hydrogen-bond donors (Lipinski definition) is 7. The Morgan fingerprint density at radius 2 is 1.53 bits per heavy atom. The number of carbonyl (C=O) groups excluding carboxylic acids is 8. The lowest BCUT2D eigenvalue weighted by atomic mass is 10.0. The van der Waals surface area contributed by atoms with E-state index in [0.29, 0.717) is 5.56 Å². The van der Waals surface area contributed by atoms with E-state index in [-0.39, 0.29) is 18.8 Å². The maximum absolute atomic E-state index is 12.7. The highest BCUT2D eigenvalue weighted by molar-refractivity contribution is 6.37. The number of ketones is 1. The molecule has 3 atom stereocenters. The van der Waals surface area contributed by atoms with Crippen LogP contribution in [0.1, 0.15) is 22.1 Å². The average Bonchev–Trinajstić information content (AvgIpc) is 3.54. The Bertz CT molecular complexity index is 1470. The summed E-state index contributed by atoms with van der Waals surface area (Å²) >= 11 is 0. The minimum atomic E-state index is -1.12. The number of rotatable bonds is 15. The molecule has 0 radical (unpaired) electrons. The molecule has 18 nitrogen and oxygen atoms in total. The molecular weight excluding hydrogens is 616 g/mol. The van der Waals surface area contributed by atoms with E-state index in [1.54, 1.807) is 30.3 Å². The van der Waals surface area contributed by atoms with Gasteiger partial charge < -0.3 is 42.1 Å². The number of Topliss-reactive ketones (excluding diaryl/α,β-unsaturated/α-hetero) is 1. The van der Waals surface area contributed by atoms with Gasteiger partial charge in [-0.1, -0.05) is 30.3 Å². The fourth-order valence-electron chi connectivity index (χ4n) is 4.31. The highest BCUT2D eigenvalue weighted by Crippen LogP contribution is 2.14. The second kappa shape index (κ2) is 17.6. The molecule has 7 amide bonds. The molecule has 3 rings (SSSR count). The molecule has 0 aliphatic carbocycles. The summed E-state index contributed by atoms with van der Waals surface area (Å²) in [4.78, 5) is 108. The van der Waals surface area contributed by atoms with Crippen LogP contribution in [-0.4, -0.2) is 121 Å². The van der Waals surface area contributed by atoms with E-state index >= 15 is 0 Å². The van der Waals surface area contributed by atoms with Crippen molar-refractivity contribution in [3.63, 3.8) is 0 Å². The molecule has 2 aromatic rings. The number of nitrogens with zero attached hydrogens (tertiary/aromatic N) is 3. The molecule has 1 aromatic heterocycles. The highest BCUT2D eigenvalue weighted by Gasteiger charge is 2.34. The number of carbonyl (C=O) groups is 8. The summed E-state index contributed by atoms with van der Waals surface area (Å²) in [5.41, 5.74) is 0.555. The van der Waals surface area contributed by atoms with E-state index < -0.39 is 91.3 Å². The van der Waals surface area contributed by atoms with Crippen molar-refractivity contribution in [3.8, 4) is 0 Å². The van der Waals surface area contributed by atoms with Crippen LogP contribution in [0.4, 0.5) is 0 Å². The van der Waals surface area contributed by atoms with Crippen LogP contribution in [0.3, 0.4) is 0 Å². The molecule has 250 valence electrons. The second-order valence-electron chi connectivity index (χ2n) is 10.5. The van der Waals surface area contributed by atoms with E-state index in [0.717, 1.165) is 0 Å². The van der Waals surface area contributed by atoms with Crippen molar-refractivity contribution in [2.45, 2.75) is 12.1 Å². The Morgan fingerprint density at radius 3 is 2.21 bits per heavy atom. The van der Waals surface area contributed by atoms with Crippen LogP contribution in [0.2, 0.25) is 0 Å². The van der Waals surface area contributed by atoms with Gasteiger partial charge in [-0.25, -0.2) is 4.98 Å². The van der Waals surface area contributed by atoms with Gasteiger partial charge in [-0.05, 0) is 5.56 Å². The normalized spacial score (nSPS) is 15.7. The molecule has 47 heavy (non-hydrogen) atoms. The molecular formula is C29H36N10O8. The van der Waals surface area contributed by atoms with Crippen LogP contribution >= 0.6 is 0 Å². The van der Waals surface area contributed by atoms with Crippen molar-refractivity contribution in [2.75, 3.05) is 53.4 Å². The zero-order chi connectivity index (χ0) is 34.3. The summed E-state index contributed by atoms with van der Waals surface area (Å²) in [6.07, 6.45) is 3.94. The summed E-state index contributed by atoms with van der Waals surface area (Å²) in [5.74, 6) is -6.48. The maximum atomic E-state index is 12.7. The number of benzene rings is 1. The monoisotopic (exact) mass is 652 g/mol. The number of amides is 7. The first kappa shape index (κ1) is 35.7. The fraction of sp³-hybridized carbons (Fsp3) is 0.379. The van der Waals surface area contributed by atoms with Crippen LogP contribution in [0.15, 0.2) is 48.9 Å². The van der Waals surface area contributed by atoms with E-state index in [2.05, 4.69) is 47.2 Å². The molecule has 1 aliphatic heterocycles. The minimum Gasteiger partial charge on any atom is -0.350 e. The molecule has 0 unspecified atom stereocenters. The van der Waals surface area contributed by atoms with Gasteiger partial charge in [-0.2, -0.15) is 0 Å². The topological polar surface area (TPSA) is 250 Å². The molecule has 0 saturated carbocycles. The van der Waals surface area contributed by atoms with Gasteiger partial charge in [0, 0.05) is 39.6 Å².